The summed E-state index contributed by atoms with van der Waals surface area (Å²) in [7, 11) is 1.63. The van der Waals surface area contributed by atoms with Gasteiger partial charge in [0.1, 0.15) is 5.75 Å². The number of hydrogen-bond acceptors (Lipinski definition) is 2. The molecule has 0 bridgehead atoms. The molecule has 0 aromatic heterocycles. The average Bonchev–Trinajstić information content (AvgIpc) is 2.48. The highest BCUT2D eigenvalue weighted by Crippen LogP contribution is 2.23. The van der Waals surface area contributed by atoms with Gasteiger partial charge in [-0.25, -0.2) is 0 Å². The first-order chi connectivity index (χ1) is 9.69. The number of rotatable bonds is 4. The van der Waals surface area contributed by atoms with E-state index in [-0.39, 0.29) is 5.91 Å². The zero-order chi connectivity index (χ0) is 14.4. The smallest absolute Gasteiger partial charge is 0.244 e. The highest BCUT2D eigenvalue weighted by atomic mass is 16.5. The van der Waals surface area contributed by atoms with Crippen molar-refractivity contribution >= 4 is 12.0 Å². The molecule has 1 aromatic rings. The number of benzene rings is 1. The Bertz CT molecular complexity index is 474. The van der Waals surface area contributed by atoms with Gasteiger partial charge >= 0.3 is 0 Å². The van der Waals surface area contributed by atoms with Crippen LogP contribution in [0.5, 0.6) is 5.75 Å². The highest BCUT2D eigenvalue weighted by molar-refractivity contribution is 5.92. The maximum absolute atomic E-state index is 11.9. The number of nitrogens with one attached hydrogen (secondary N) is 1. The van der Waals surface area contributed by atoms with Crippen LogP contribution in [-0.2, 0) is 4.79 Å². The molecule has 1 aliphatic rings. The van der Waals surface area contributed by atoms with Gasteiger partial charge in [-0.3, -0.25) is 4.79 Å². The third kappa shape index (κ3) is 4.12. The fraction of sp³-hybridized carbons (Fsp3) is 0.471. The summed E-state index contributed by atoms with van der Waals surface area (Å²) in [6, 6.07) is 8.01. The predicted octanol–water partition coefficient (Wildman–Crippen LogP) is 3.40. The van der Waals surface area contributed by atoms with Crippen molar-refractivity contribution in [2.24, 2.45) is 5.92 Å². The number of amides is 1. The Morgan fingerprint density at radius 1 is 1.25 bits per heavy atom. The first kappa shape index (κ1) is 14.6. The third-order valence-electron chi connectivity index (χ3n) is 3.92. The molecule has 1 aliphatic carbocycles. The largest absolute Gasteiger partial charge is 0.496 e. The van der Waals surface area contributed by atoms with Gasteiger partial charge in [-0.15, -0.1) is 0 Å². The van der Waals surface area contributed by atoms with Crippen molar-refractivity contribution in [1.82, 2.24) is 5.32 Å². The van der Waals surface area contributed by atoms with E-state index in [0.29, 0.717) is 6.04 Å². The topological polar surface area (TPSA) is 38.3 Å². The van der Waals surface area contributed by atoms with Gasteiger partial charge in [-0.1, -0.05) is 25.1 Å². The number of carbonyl (C=O) groups is 1. The molecule has 108 valence electrons. The summed E-state index contributed by atoms with van der Waals surface area (Å²) in [5, 5.41) is 3.08. The zero-order valence-corrected chi connectivity index (χ0v) is 12.3. The van der Waals surface area contributed by atoms with Crippen molar-refractivity contribution in [3.63, 3.8) is 0 Å². The maximum atomic E-state index is 11.9. The van der Waals surface area contributed by atoms with Crippen molar-refractivity contribution in [2.45, 2.75) is 38.6 Å². The normalized spacial score (nSPS) is 22.7. The Balaban J connectivity index is 1.89. The second-order valence-electron chi connectivity index (χ2n) is 5.54. The summed E-state index contributed by atoms with van der Waals surface area (Å²) >= 11 is 0. The summed E-state index contributed by atoms with van der Waals surface area (Å²) < 4.78 is 5.26. The Morgan fingerprint density at radius 2 is 1.95 bits per heavy atom. The van der Waals surface area contributed by atoms with E-state index in [0.717, 1.165) is 30.1 Å². The monoisotopic (exact) mass is 273 g/mol. The van der Waals surface area contributed by atoms with Gasteiger partial charge in [-0.2, -0.15) is 0 Å². The second-order valence-corrected chi connectivity index (χ2v) is 5.54. The van der Waals surface area contributed by atoms with Crippen molar-refractivity contribution in [1.29, 1.82) is 0 Å². The molecule has 1 aromatic carbocycles. The molecule has 0 radical (unpaired) electrons. The van der Waals surface area contributed by atoms with Crippen LogP contribution < -0.4 is 10.1 Å². The van der Waals surface area contributed by atoms with E-state index in [2.05, 4.69) is 12.2 Å². The SMILES string of the molecule is COc1ccccc1/C=C/C(=O)NC1CCC(C)CC1. The van der Waals surface area contributed by atoms with Crippen molar-refractivity contribution < 1.29 is 9.53 Å². The van der Waals surface area contributed by atoms with Crippen LogP contribution in [-0.4, -0.2) is 19.1 Å². The average molecular weight is 273 g/mol. The lowest BCUT2D eigenvalue weighted by molar-refractivity contribution is -0.117. The number of hydrogen-bond donors (Lipinski definition) is 1. The van der Waals surface area contributed by atoms with Gasteiger partial charge in [0.2, 0.25) is 5.91 Å². The van der Waals surface area contributed by atoms with E-state index >= 15 is 0 Å². The summed E-state index contributed by atoms with van der Waals surface area (Å²) in [6.07, 6.45) is 8.00. The molecule has 3 heteroatoms. The second kappa shape index (κ2) is 7.13. The van der Waals surface area contributed by atoms with E-state index in [9.17, 15) is 4.79 Å². The first-order valence-corrected chi connectivity index (χ1v) is 7.30. The van der Waals surface area contributed by atoms with Crippen LogP contribution >= 0.6 is 0 Å². The lowest BCUT2D eigenvalue weighted by Gasteiger charge is -2.26. The Hall–Kier alpha value is -1.77. The number of para-hydroxylation sites is 1. The van der Waals surface area contributed by atoms with Crippen molar-refractivity contribution in [2.75, 3.05) is 7.11 Å². The molecule has 1 saturated carbocycles. The van der Waals surface area contributed by atoms with Crippen LogP contribution in [0, 0.1) is 5.92 Å². The van der Waals surface area contributed by atoms with Crippen LogP contribution in [0.2, 0.25) is 0 Å². The molecule has 0 spiro atoms. The van der Waals surface area contributed by atoms with Crippen LogP contribution in [0.25, 0.3) is 6.08 Å². The van der Waals surface area contributed by atoms with Crippen molar-refractivity contribution in [3.05, 3.63) is 35.9 Å². The minimum Gasteiger partial charge on any atom is -0.496 e. The van der Waals surface area contributed by atoms with Crippen LogP contribution in [0.4, 0.5) is 0 Å². The van der Waals surface area contributed by atoms with Gasteiger partial charge in [-0.05, 0) is 43.7 Å². The van der Waals surface area contributed by atoms with E-state index < -0.39 is 0 Å². The first-order valence-electron chi connectivity index (χ1n) is 7.30. The van der Waals surface area contributed by atoms with E-state index in [4.69, 9.17) is 4.74 Å². The van der Waals surface area contributed by atoms with E-state index in [1.807, 2.05) is 24.3 Å². The summed E-state index contributed by atoms with van der Waals surface area (Å²) in [4.78, 5) is 11.9. The molecule has 20 heavy (non-hydrogen) atoms. The Morgan fingerprint density at radius 3 is 2.65 bits per heavy atom. The summed E-state index contributed by atoms with van der Waals surface area (Å²) in [5.74, 6) is 1.56. The fourth-order valence-electron chi connectivity index (χ4n) is 2.62. The molecule has 0 atom stereocenters. The standard InChI is InChI=1S/C17H23NO2/c1-13-7-10-15(11-8-13)18-17(19)12-9-14-5-3-4-6-16(14)20-2/h3-6,9,12-13,15H,7-8,10-11H2,1-2H3,(H,18,19)/b12-9+. The van der Waals surface area contributed by atoms with Gasteiger partial charge in [0.15, 0.2) is 0 Å². The van der Waals surface area contributed by atoms with E-state index in [1.165, 1.54) is 12.8 Å². The molecule has 1 fully saturated rings. The minimum atomic E-state index is -0.0181. The van der Waals surface area contributed by atoms with Crippen molar-refractivity contribution in [3.8, 4) is 5.75 Å². The van der Waals surface area contributed by atoms with E-state index in [1.54, 1.807) is 19.3 Å². The Labute approximate surface area is 121 Å². The lowest BCUT2D eigenvalue weighted by atomic mass is 9.87. The molecule has 3 nitrogen and oxygen atoms in total. The Kier molecular flexibility index (Phi) is 5.22. The quantitative estimate of drug-likeness (QED) is 0.854. The van der Waals surface area contributed by atoms with Gasteiger partial charge in [0.05, 0.1) is 7.11 Å². The number of ether oxygens (including phenoxy) is 1. The third-order valence-corrected chi connectivity index (χ3v) is 3.92. The molecule has 0 heterocycles. The molecule has 1 amide bonds. The molecule has 0 aliphatic heterocycles. The van der Waals surface area contributed by atoms with Gasteiger partial charge < -0.3 is 10.1 Å². The molecular weight excluding hydrogens is 250 g/mol. The fourth-order valence-corrected chi connectivity index (χ4v) is 2.62. The van der Waals surface area contributed by atoms with Crippen LogP contribution in [0.3, 0.4) is 0 Å². The molecule has 0 saturated heterocycles. The van der Waals surface area contributed by atoms with Crippen LogP contribution in [0.15, 0.2) is 30.3 Å². The molecular formula is C17H23NO2. The zero-order valence-electron chi connectivity index (χ0n) is 12.3. The summed E-state index contributed by atoms with van der Waals surface area (Å²) in [6.45, 7) is 2.28. The van der Waals surface area contributed by atoms with Gasteiger partial charge in [0.25, 0.3) is 0 Å². The molecule has 1 N–H and O–H groups in total. The maximum Gasteiger partial charge on any atom is 0.244 e. The minimum absolute atomic E-state index is 0.0181. The number of methoxy groups -OCH3 is 1. The van der Waals surface area contributed by atoms with Gasteiger partial charge in [0, 0.05) is 17.7 Å². The molecule has 2 rings (SSSR count). The number of carbonyl (C=O) groups excluding carboxylic acids is 1. The molecule has 0 unspecified atom stereocenters. The summed E-state index contributed by atoms with van der Waals surface area (Å²) in [5.41, 5.74) is 0.919. The highest BCUT2D eigenvalue weighted by Gasteiger charge is 2.18. The predicted molar refractivity (Wildman–Crippen MR) is 81.6 cm³/mol. The van der Waals surface area contributed by atoms with Crippen LogP contribution in [0.1, 0.15) is 38.2 Å². The lowest BCUT2D eigenvalue weighted by Crippen LogP contribution is -2.36.